The Morgan fingerprint density at radius 1 is 1.53 bits per heavy atom. The van der Waals surface area contributed by atoms with Crippen molar-refractivity contribution in [3.63, 3.8) is 0 Å². The van der Waals surface area contributed by atoms with E-state index in [1.54, 1.807) is 0 Å². The molecule has 1 fully saturated rings. The molecule has 1 heterocycles. The number of thioether (sulfide) groups is 1. The van der Waals surface area contributed by atoms with Gasteiger partial charge in [0.1, 0.15) is 0 Å². The number of anilines is 1. The van der Waals surface area contributed by atoms with Gasteiger partial charge in [-0.1, -0.05) is 18.5 Å². The van der Waals surface area contributed by atoms with E-state index in [1.165, 1.54) is 15.7 Å². The number of benzene rings is 1. The summed E-state index contributed by atoms with van der Waals surface area (Å²) < 4.78 is 1.18. The molecule has 1 saturated heterocycles. The van der Waals surface area contributed by atoms with Crippen molar-refractivity contribution in [1.82, 2.24) is 0 Å². The molecule has 15 heavy (non-hydrogen) atoms. The van der Waals surface area contributed by atoms with Crippen molar-refractivity contribution in [2.75, 3.05) is 11.1 Å². The predicted molar refractivity (Wildman–Crippen MR) is 78.1 cm³/mol. The molecule has 1 aromatic carbocycles. The van der Waals surface area contributed by atoms with E-state index in [0.29, 0.717) is 11.3 Å². The minimum absolute atomic E-state index is 0.563. The molecular weight excluding hydrogens is 341 g/mol. The van der Waals surface area contributed by atoms with Crippen molar-refractivity contribution >= 4 is 51.6 Å². The summed E-state index contributed by atoms with van der Waals surface area (Å²) in [6.07, 6.45) is 1.23. The van der Waals surface area contributed by atoms with Crippen molar-refractivity contribution in [2.45, 2.75) is 24.6 Å². The molecule has 0 aliphatic carbocycles. The molecule has 2 rings (SSSR count). The zero-order chi connectivity index (χ0) is 10.8. The standard InChI is InChI=1S/C11H13ClINS/c1-7-10(4-5-15-7)14-11-3-2-8(13)6-9(11)12/h2-3,6-7,10,14H,4-5H2,1H3. The first-order chi connectivity index (χ1) is 7.16. The van der Waals surface area contributed by atoms with E-state index < -0.39 is 0 Å². The minimum atomic E-state index is 0.563. The van der Waals surface area contributed by atoms with Crippen LogP contribution in [0.1, 0.15) is 13.3 Å². The Bertz CT molecular complexity index is 358. The van der Waals surface area contributed by atoms with Gasteiger partial charge in [0.25, 0.3) is 0 Å². The smallest absolute Gasteiger partial charge is 0.0648 e. The summed E-state index contributed by atoms with van der Waals surface area (Å²) in [7, 11) is 0. The highest BCUT2D eigenvalue weighted by Gasteiger charge is 2.24. The Morgan fingerprint density at radius 3 is 2.93 bits per heavy atom. The molecule has 2 unspecified atom stereocenters. The summed E-state index contributed by atoms with van der Waals surface area (Å²) in [6, 6.07) is 6.71. The van der Waals surface area contributed by atoms with Gasteiger partial charge in [-0.15, -0.1) is 0 Å². The largest absolute Gasteiger partial charge is 0.380 e. The number of hydrogen-bond acceptors (Lipinski definition) is 2. The fourth-order valence-corrected chi connectivity index (χ4v) is 3.84. The van der Waals surface area contributed by atoms with Crippen LogP contribution in [-0.2, 0) is 0 Å². The lowest BCUT2D eigenvalue weighted by molar-refractivity contribution is 0.724. The van der Waals surface area contributed by atoms with Crippen molar-refractivity contribution in [1.29, 1.82) is 0 Å². The molecule has 1 nitrogen and oxygen atoms in total. The van der Waals surface area contributed by atoms with Gasteiger partial charge in [0.15, 0.2) is 0 Å². The molecule has 0 bridgehead atoms. The van der Waals surface area contributed by atoms with Crippen molar-refractivity contribution in [2.24, 2.45) is 0 Å². The maximum atomic E-state index is 6.18. The topological polar surface area (TPSA) is 12.0 Å². The fourth-order valence-electron chi connectivity index (χ4n) is 1.73. The van der Waals surface area contributed by atoms with E-state index in [-0.39, 0.29) is 0 Å². The average Bonchev–Trinajstić information content (AvgIpc) is 2.57. The Kier molecular flexibility index (Phi) is 4.07. The maximum absolute atomic E-state index is 6.18. The molecule has 82 valence electrons. The summed E-state index contributed by atoms with van der Waals surface area (Å²) in [6.45, 7) is 2.27. The second-order valence-corrected chi connectivity index (χ2v) is 6.88. The molecule has 0 aromatic heterocycles. The normalized spacial score (nSPS) is 25.5. The summed E-state index contributed by atoms with van der Waals surface area (Å²) in [5.41, 5.74) is 1.07. The highest BCUT2D eigenvalue weighted by atomic mass is 127. The third-order valence-electron chi connectivity index (χ3n) is 2.65. The van der Waals surface area contributed by atoms with Gasteiger partial charge in [0.05, 0.1) is 10.7 Å². The fraction of sp³-hybridized carbons (Fsp3) is 0.455. The Labute approximate surface area is 113 Å². The molecule has 0 spiro atoms. The van der Waals surface area contributed by atoms with Crippen molar-refractivity contribution < 1.29 is 0 Å². The number of nitrogens with one attached hydrogen (secondary N) is 1. The van der Waals surface area contributed by atoms with Crippen LogP contribution in [0.15, 0.2) is 18.2 Å². The van der Waals surface area contributed by atoms with Gasteiger partial charge in [-0.25, -0.2) is 0 Å². The molecule has 1 aliphatic heterocycles. The molecule has 4 heteroatoms. The molecule has 1 aliphatic rings. The van der Waals surface area contributed by atoms with E-state index in [0.717, 1.165) is 10.7 Å². The maximum Gasteiger partial charge on any atom is 0.0648 e. The van der Waals surface area contributed by atoms with Crippen LogP contribution in [0.3, 0.4) is 0 Å². The van der Waals surface area contributed by atoms with Gasteiger partial charge in [-0.2, -0.15) is 11.8 Å². The van der Waals surface area contributed by atoms with Gasteiger partial charge >= 0.3 is 0 Å². The summed E-state index contributed by atoms with van der Waals surface area (Å²) in [4.78, 5) is 0. The number of halogens is 2. The van der Waals surface area contributed by atoms with Crippen LogP contribution in [0.4, 0.5) is 5.69 Å². The highest BCUT2D eigenvalue weighted by Crippen LogP contribution is 2.31. The van der Waals surface area contributed by atoms with E-state index in [4.69, 9.17) is 11.6 Å². The van der Waals surface area contributed by atoms with E-state index >= 15 is 0 Å². The first kappa shape index (κ1) is 11.9. The summed E-state index contributed by atoms with van der Waals surface area (Å²) in [5.74, 6) is 1.25. The van der Waals surface area contributed by atoms with E-state index in [2.05, 4.69) is 47.0 Å². The molecule has 0 radical (unpaired) electrons. The van der Waals surface area contributed by atoms with Crippen LogP contribution in [0.25, 0.3) is 0 Å². The highest BCUT2D eigenvalue weighted by molar-refractivity contribution is 14.1. The van der Waals surface area contributed by atoms with Crippen molar-refractivity contribution in [3.05, 3.63) is 26.8 Å². The second-order valence-electron chi connectivity index (χ2n) is 3.74. The lowest BCUT2D eigenvalue weighted by Gasteiger charge is -2.18. The number of hydrogen-bond donors (Lipinski definition) is 1. The zero-order valence-corrected chi connectivity index (χ0v) is 12.2. The second kappa shape index (κ2) is 5.15. The van der Waals surface area contributed by atoms with Crippen LogP contribution in [0.5, 0.6) is 0 Å². The first-order valence-corrected chi connectivity index (χ1v) is 7.50. The first-order valence-electron chi connectivity index (χ1n) is 5.00. The quantitative estimate of drug-likeness (QED) is 0.798. The van der Waals surface area contributed by atoms with E-state index in [1.807, 2.05) is 17.8 Å². The van der Waals surface area contributed by atoms with Gasteiger partial charge in [-0.3, -0.25) is 0 Å². The molecule has 1 N–H and O–H groups in total. The van der Waals surface area contributed by atoms with Crippen LogP contribution in [0.2, 0.25) is 5.02 Å². The van der Waals surface area contributed by atoms with Gasteiger partial charge in [0, 0.05) is 14.9 Å². The van der Waals surface area contributed by atoms with E-state index in [9.17, 15) is 0 Å². The van der Waals surface area contributed by atoms with Crippen molar-refractivity contribution in [3.8, 4) is 0 Å². The van der Waals surface area contributed by atoms with Crippen LogP contribution in [-0.4, -0.2) is 17.0 Å². The Morgan fingerprint density at radius 2 is 2.33 bits per heavy atom. The van der Waals surface area contributed by atoms with Gasteiger partial charge in [0.2, 0.25) is 0 Å². The summed E-state index contributed by atoms with van der Waals surface area (Å²) in [5, 5.41) is 5.04. The van der Waals surface area contributed by atoms with Gasteiger partial charge in [-0.05, 0) is 53.0 Å². The average molecular weight is 354 g/mol. The monoisotopic (exact) mass is 353 g/mol. The third kappa shape index (κ3) is 2.94. The SMILES string of the molecule is CC1SCCC1Nc1ccc(I)cc1Cl. The predicted octanol–water partition coefficient (Wildman–Crippen LogP) is 4.25. The molecular formula is C11H13ClINS. The van der Waals surface area contributed by atoms with Gasteiger partial charge < -0.3 is 5.32 Å². The molecule has 2 atom stereocenters. The van der Waals surface area contributed by atoms with Crippen LogP contribution < -0.4 is 5.32 Å². The minimum Gasteiger partial charge on any atom is -0.380 e. The molecule has 0 saturated carbocycles. The molecule has 0 amide bonds. The van der Waals surface area contributed by atoms with Crippen LogP contribution >= 0.6 is 46.0 Å². The lowest BCUT2D eigenvalue weighted by atomic mass is 10.1. The lowest BCUT2D eigenvalue weighted by Crippen LogP contribution is -2.24. The van der Waals surface area contributed by atoms with Crippen LogP contribution in [0, 0.1) is 3.57 Å². The Balaban J connectivity index is 2.10. The third-order valence-corrected chi connectivity index (χ3v) is 4.96. The number of rotatable bonds is 2. The summed E-state index contributed by atoms with van der Waals surface area (Å²) >= 11 is 10.5. The Hall–Kier alpha value is 0.390. The molecule has 1 aromatic rings. The zero-order valence-electron chi connectivity index (χ0n) is 8.47.